The van der Waals surface area contributed by atoms with Crippen LogP contribution in [0.4, 0.5) is 11.6 Å². The van der Waals surface area contributed by atoms with Crippen molar-refractivity contribution >= 4 is 63.2 Å². The Balaban J connectivity index is 1.32. The number of nitrogens with one attached hydrogen (secondary N) is 1. The quantitative estimate of drug-likeness (QED) is 0.395. The summed E-state index contributed by atoms with van der Waals surface area (Å²) >= 11 is 11.7. The molecule has 36 heavy (non-hydrogen) atoms. The van der Waals surface area contributed by atoms with Gasteiger partial charge in [-0.15, -0.1) is 0 Å². The van der Waals surface area contributed by atoms with Gasteiger partial charge in [-0.2, -0.15) is 0 Å². The number of carbonyl (C=O) groups is 2. The SMILES string of the molecule is CN1C(=O)C2(CCC(=CC(=O)Nc3cc4cc(-c5cnccc5Cl)nc(N)c4cn3)CC2)N(C)C1=S. The summed E-state index contributed by atoms with van der Waals surface area (Å²) in [5.74, 6) is 0.453. The first kappa shape index (κ1) is 24.1. The number of anilines is 2. The van der Waals surface area contributed by atoms with Crippen LogP contribution in [0.5, 0.6) is 0 Å². The Kier molecular flexibility index (Phi) is 6.09. The van der Waals surface area contributed by atoms with Crippen molar-refractivity contribution in [1.82, 2.24) is 24.8 Å². The molecule has 1 aliphatic carbocycles. The highest BCUT2D eigenvalue weighted by atomic mass is 35.5. The second-order valence-corrected chi connectivity index (χ2v) is 9.84. The highest BCUT2D eigenvalue weighted by molar-refractivity contribution is 7.80. The van der Waals surface area contributed by atoms with E-state index in [1.807, 2.05) is 18.0 Å². The zero-order chi connectivity index (χ0) is 25.6. The standard InChI is InChI=1S/C25H24ClN7O2S/c1-32-23(35)25(33(2)24(32)36)6-3-14(4-7-25)9-21(34)31-20-11-15-10-19(17-12-28-8-5-18(17)26)30-22(27)16(15)13-29-20/h5,8-13H,3-4,6-7H2,1-2H3,(H2,27,30)(H,29,31,34). The minimum atomic E-state index is -0.609. The van der Waals surface area contributed by atoms with Gasteiger partial charge in [-0.3, -0.25) is 19.5 Å². The lowest BCUT2D eigenvalue weighted by atomic mass is 9.78. The van der Waals surface area contributed by atoms with Crippen LogP contribution in [0.25, 0.3) is 22.0 Å². The summed E-state index contributed by atoms with van der Waals surface area (Å²) in [5, 5.41) is 5.31. The normalized spacial score (nSPS) is 19.9. The van der Waals surface area contributed by atoms with Crippen LogP contribution in [0, 0.1) is 0 Å². The number of pyridine rings is 3. The van der Waals surface area contributed by atoms with E-state index < -0.39 is 5.54 Å². The molecule has 2 amide bonds. The number of hydrogen-bond acceptors (Lipinski definition) is 7. The van der Waals surface area contributed by atoms with E-state index in [-0.39, 0.29) is 11.8 Å². The van der Waals surface area contributed by atoms with Gasteiger partial charge < -0.3 is 16.0 Å². The summed E-state index contributed by atoms with van der Waals surface area (Å²) in [7, 11) is 3.58. The third-order valence-corrected chi connectivity index (χ3v) is 7.89. The predicted molar refractivity (Wildman–Crippen MR) is 143 cm³/mol. The molecular formula is C25H24ClN7O2S. The lowest BCUT2D eigenvalue weighted by molar-refractivity contribution is -0.133. The topological polar surface area (TPSA) is 117 Å². The summed E-state index contributed by atoms with van der Waals surface area (Å²) < 4.78 is 0. The van der Waals surface area contributed by atoms with Crippen molar-refractivity contribution < 1.29 is 9.59 Å². The zero-order valence-electron chi connectivity index (χ0n) is 19.8. The number of thiocarbonyl (C=S) groups is 1. The van der Waals surface area contributed by atoms with Gasteiger partial charge in [0, 0.05) is 49.7 Å². The number of rotatable bonds is 3. The number of carbonyl (C=O) groups excluding carboxylic acids is 2. The average Bonchev–Trinajstić information content (AvgIpc) is 3.01. The minimum Gasteiger partial charge on any atom is -0.383 e. The molecule has 0 atom stereocenters. The second-order valence-electron chi connectivity index (χ2n) is 9.07. The van der Waals surface area contributed by atoms with Crippen LogP contribution in [0.1, 0.15) is 25.7 Å². The van der Waals surface area contributed by atoms with Crippen LogP contribution in [-0.2, 0) is 9.59 Å². The molecule has 4 heterocycles. The molecule has 2 aliphatic rings. The Hall–Kier alpha value is -3.63. The van der Waals surface area contributed by atoms with E-state index in [2.05, 4.69) is 20.3 Å². The predicted octanol–water partition coefficient (Wildman–Crippen LogP) is 3.79. The molecule has 1 saturated carbocycles. The maximum absolute atomic E-state index is 12.8. The summed E-state index contributed by atoms with van der Waals surface area (Å²) in [4.78, 5) is 41.9. The molecular weight excluding hydrogens is 498 g/mol. The van der Waals surface area contributed by atoms with E-state index in [9.17, 15) is 9.59 Å². The molecule has 9 nitrogen and oxygen atoms in total. The number of halogens is 1. The largest absolute Gasteiger partial charge is 0.383 e. The van der Waals surface area contributed by atoms with E-state index in [0.717, 1.165) is 11.0 Å². The number of aromatic nitrogens is 3. The van der Waals surface area contributed by atoms with Gasteiger partial charge >= 0.3 is 0 Å². The second kappa shape index (κ2) is 9.11. The fourth-order valence-electron chi connectivity index (χ4n) is 4.92. The van der Waals surface area contributed by atoms with Gasteiger partial charge in [0.1, 0.15) is 17.2 Å². The van der Waals surface area contributed by atoms with E-state index in [1.165, 1.54) is 4.90 Å². The highest BCUT2D eigenvalue weighted by Crippen LogP contribution is 2.41. The maximum atomic E-state index is 12.8. The van der Waals surface area contributed by atoms with Crippen LogP contribution in [0.3, 0.4) is 0 Å². The number of likely N-dealkylation sites (N-methyl/N-ethyl adjacent to an activating group) is 2. The molecule has 3 aromatic rings. The van der Waals surface area contributed by atoms with Crippen LogP contribution in [0.15, 0.2) is 48.4 Å². The zero-order valence-corrected chi connectivity index (χ0v) is 21.4. The smallest absolute Gasteiger partial charge is 0.254 e. The molecule has 1 saturated heterocycles. The summed E-state index contributed by atoms with van der Waals surface area (Å²) in [5.41, 5.74) is 7.78. The van der Waals surface area contributed by atoms with Gasteiger partial charge in [-0.25, -0.2) is 9.97 Å². The maximum Gasteiger partial charge on any atom is 0.254 e. The van der Waals surface area contributed by atoms with E-state index in [4.69, 9.17) is 29.6 Å². The van der Waals surface area contributed by atoms with Crippen LogP contribution >= 0.6 is 23.8 Å². The Morgan fingerprint density at radius 2 is 2.00 bits per heavy atom. The van der Waals surface area contributed by atoms with Gasteiger partial charge in [0.25, 0.3) is 5.91 Å². The number of fused-ring (bicyclic) bond motifs is 1. The van der Waals surface area contributed by atoms with Crippen molar-refractivity contribution in [3.8, 4) is 11.3 Å². The third-order valence-electron chi connectivity index (χ3n) is 7.01. The molecule has 0 radical (unpaired) electrons. The van der Waals surface area contributed by atoms with Crippen molar-refractivity contribution in [3.63, 3.8) is 0 Å². The van der Waals surface area contributed by atoms with Gasteiger partial charge in [-0.05, 0) is 61.5 Å². The summed E-state index contributed by atoms with van der Waals surface area (Å²) in [6.07, 6.45) is 8.93. The molecule has 11 heteroatoms. The number of hydrogen-bond donors (Lipinski definition) is 2. The molecule has 5 rings (SSSR count). The Morgan fingerprint density at radius 3 is 2.67 bits per heavy atom. The first-order valence-corrected chi connectivity index (χ1v) is 12.2. The van der Waals surface area contributed by atoms with Gasteiger partial charge in [0.05, 0.1) is 10.7 Å². The van der Waals surface area contributed by atoms with E-state index in [0.29, 0.717) is 64.1 Å². The van der Waals surface area contributed by atoms with Crippen LogP contribution < -0.4 is 11.1 Å². The lowest BCUT2D eigenvalue weighted by Crippen LogP contribution is -2.49. The van der Waals surface area contributed by atoms with Crippen molar-refractivity contribution in [1.29, 1.82) is 0 Å². The van der Waals surface area contributed by atoms with Crippen LogP contribution in [0.2, 0.25) is 5.02 Å². The Labute approximate surface area is 218 Å². The number of allylic oxidation sites excluding steroid dienone is 1. The van der Waals surface area contributed by atoms with E-state index in [1.54, 1.807) is 43.8 Å². The molecule has 2 fully saturated rings. The fourth-order valence-corrected chi connectivity index (χ4v) is 5.38. The molecule has 0 unspecified atom stereocenters. The van der Waals surface area contributed by atoms with Crippen molar-refractivity contribution in [3.05, 3.63) is 53.5 Å². The fraction of sp³-hybridized carbons (Fsp3) is 0.280. The molecule has 3 aromatic heterocycles. The Bertz CT molecular complexity index is 1450. The van der Waals surface area contributed by atoms with Gasteiger partial charge in [0.15, 0.2) is 5.11 Å². The van der Waals surface area contributed by atoms with Crippen molar-refractivity contribution in [2.45, 2.75) is 31.2 Å². The van der Waals surface area contributed by atoms with Gasteiger partial charge in [-0.1, -0.05) is 17.2 Å². The first-order valence-electron chi connectivity index (χ1n) is 11.4. The third kappa shape index (κ3) is 4.06. The molecule has 1 aliphatic heterocycles. The average molecular weight is 522 g/mol. The summed E-state index contributed by atoms with van der Waals surface area (Å²) in [6.45, 7) is 0. The molecule has 3 N–H and O–H groups in total. The number of amides is 2. The number of nitrogen functional groups attached to an aromatic ring is 1. The molecule has 184 valence electrons. The highest BCUT2D eigenvalue weighted by Gasteiger charge is 2.52. The summed E-state index contributed by atoms with van der Waals surface area (Å²) in [6, 6.07) is 5.27. The Morgan fingerprint density at radius 1 is 1.25 bits per heavy atom. The van der Waals surface area contributed by atoms with Crippen LogP contribution in [-0.4, -0.2) is 61.3 Å². The van der Waals surface area contributed by atoms with Crippen molar-refractivity contribution in [2.24, 2.45) is 0 Å². The first-order chi connectivity index (χ1) is 17.2. The molecule has 0 bridgehead atoms. The van der Waals surface area contributed by atoms with E-state index >= 15 is 0 Å². The number of nitrogens with zero attached hydrogens (tertiary/aromatic N) is 5. The monoisotopic (exact) mass is 521 g/mol. The molecule has 1 spiro atoms. The van der Waals surface area contributed by atoms with Crippen molar-refractivity contribution in [2.75, 3.05) is 25.1 Å². The molecule has 0 aromatic carbocycles. The lowest BCUT2D eigenvalue weighted by Gasteiger charge is -2.37. The minimum absolute atomic E-state index is 0.0274. The van der Waals surface area contributed by atoms with Gasteiger partial charge in [0.2, 0.25) is 5.91 Å². The number of nitrogens with two attached hydrogens (primary N) is 1.